The summed E-state index contributed by atoms with van der Waals surface area (Å²) in [6, 6.07) is 9.64. The summed E-state index contributed by atoms with van der Waals surface area (Å²) in [6.45, 7) is 0. The lowest BCUT2D eigenvalue weighted by Crippen LogP contribution is -2.03. The van der Waals surface area contributed by atoms with E-state index < -0.39 is 5.78 Å². The van der Waals surface area contributed by atoms with E-state index in [1.165, 1.54) is 45.6 Å². The minimum Gasteiger partial charge on any atom is -0.493 e. The maximum absolute atomic E-state index is 12.6. The Hall–Kier alpha value is -2.68. The number of ketones is 1. The number of allylic oxidation sites excluding steroid dienone is 1. The number of benzene rings is 2. The molecular weight excluding hydrogens is 377 g/mol. The molecule has 0 spiro atoms. The molecule has 0 amide bonds. The van der Waals surface area contributed by atoms with Gasteiger partial charge in [-0.2, -0.15) is 5.26 Å². The molecule has 0 aromatic heterocycles. The largest absolute Gasteiger partial charge is 0.493 e. The number of rotatable bonds is 6. The summed E-state index contributed by atoms with van der Waals surface area (Å²) < 4.78 is 15.8. The van der Waals surface area contributed by atoms with Gasteiger partial charge in [-0.25, -0.2) is 0 Å². The smallest absolute Gasteiger partial charge is 0.205 e. The molecular formula is C19H15Cl2NO4. The average molecular weight is 392 g/mol. The number of nitriles is 1. The van der Waals surface area contributed by atoms with Crippen molar-refractivity contribution in [1.29, 1.82) is 5.26 Å². The maximum atomic E-state index is 12.6. The van der Waals surface area contributed by atoms with Gasteiger partial charge in [0.05, 0.1) is 26.4 Å². The fourth-order valence-corrected chi connectivity index (χ4v) is 2.81. The first kappa shape index (κ1) is 19.6. The van der Waals surface area contributed by atoms with Gasteiger partial charge in [0.15, 0.2) is 11.5 Å². The van der Waals surface area contributed by atoms with Crippen LogP contribution in [0.4, 0.5) is 0 Å². The predicted octanol–water partition coefficient (Wildman–Crippen LogP) is 4.81. The zero-order chi connectivity index (χ0) is 19.3. The lowest BCUT2D eigenvalue weighted by atomic mass is 10.0. The number of methoxy groups -OCH3 is 3. The highest BCUT2D eigenvalue weighted by Gasteiger charge is 2.18. The van der Waals surface area contributed by atoms with Crippen LogP contribution in [-0.2, 0) is 0 Å². The summed E-state index contributed by atoms with van der Waals surface area (Å²) in [4.78, 5) is 12.6. The molecule has 0 bridgehead atoms. The lowest BCUT2D eigenvalue weighted by Gasteiger charge is -2.13. The molecule has 0 heterocycles. The van der Waals surface area contributed by atoms with E-state index in [1.54, 1.807) is 12.1 Å². The van der Waals surface area contributed by atoms with Crippen molar-refractivity contribution in [2.45, 2.75) is 0 Å². The molecule has 0 atom stereocenters. The Bertz CT molecular complexity index is 891. The van der Waals surface area contributed by atoms with E-state index in [-0.39, 0.29) is 16.2 Å². The Labute approximate surface area is 161 Å². The first-order valence-electron chi connectivity index (χ1n) is 7.36. The molecule has 7 heteroatoms. The standard InChI is InChI=1S/C19H15Cl2NO4/c1-24-16-7-11(8-17(25-2)19(16)26-3)6-12(10-22)18(23)14-5-4-13(20)9-15(14)21/h4-9H,1-3H3/b12-6+. The van der Waals surface area contributed by atoms with Crippen molar-refractivity contribution in [2.24, 2.45) is 0 Å². The quantitative estimate of drug-likeness (QED) is 0.401. The molecule has 0 aliphatic heterocycles. The molecule has 0 fully saturated rings. The van der Waals surface area contributed by atoms with Gasteiger partial charge in [0, 0.05) is 10.6 Å². The van der Waals surface area contributed by atoms with Crippen LogP contribution in [0.3, 0.4) is 0 Å². The van der Waals surface area contributed by atoms with E-state index in [2.05, 4.69) is 0 Å². The van der Waals surface area contributed by atoms with Gasteiger partial charge in [-0.1, -0.05) is 23.2 Å². The van der Waals surface area contributed by atoms with Crippen LogP contribution >= 0.6 is 23.2 Å². The molecule has 0 aliphatic carbocycles. The molecule has 0 aliphatic rings. The highest BCUT2D eigenvalue weighted by Crippen LogP contribution is 2.38. The molecule has 5 nitrogen and oxygen atoms in total. The summed E-state index contributed by atoms with van der Waals surface area (Å²) in [6.07, 6.45) is 1.43. The molecule has 134 valence electrons. The zero-order valence-corrected chi connectivity index (χ0v) is 15.8. The van der Waals surface area contributed by atoms with Gasteiger partial charge in [-0.3, -0.25) is 4.79 Å². The first-order valence-corrected chi connectivity index (χ1v) is 8.12. The normalized spacial score (nSPS) is 10.8. The van der Waals surface area contributed by atoms with Gasteiger partial charge in [-0.15, -0.1) is 0 Å². The van der Waals surface area contributed by atoms with Crippen LogP contribution < -0.4 is 14.2 Å². The average Bonchev–Trinajstić information content (AvgIpc) is 2.64. The van der Waals surface area contributed by atoms with Crippen molar-refractivity contribution >= 4 is 35.1 Å². The van der Waals surface area contributed by atoms with Crippen molar-refractivity contribution in [3.8, 4) is 23.3 Å². The van der Waals surface area contributed by atoms with E-state index in [0.717, 1.165) is 0 Å². The van der Waals surface area contributed by atoms with Gasteiger partial charge >= 0.3 is 0 Å². The fraction of sp³-hybridized carbons (Fsp3) is 0.158. The summed E-state index contributed by atoms with van der Waals surface area (Å²) in [5.74, 6) is 0.723. The lowest BCUT2D eigenvalue weighted by molar-refractivity contribution is 0.104. The topological polar surface area (TPSA) is 68.5 Å². The van der Waals surface area contributed by atoms with Crippen LogP contribution in [0.5, 0.6) is 17.2 Å². The van der Waals surface area contributed by atoms with E-state index >= 15 is 0 Å². The first-order chi connectivity index (χ1) is 12.4. The monoisotopic (exact) mass is 391 g/mol. The maximum Gasteiger partial charge on any atom is 0.205 e. The second-order valence-corrected chi connectivity index (χ2v) is 5.93. The van der Waals surface area contributed by atoms with Gasteiger partial charge < -0.3 is 14.2 Å². The Kier molecular flexibility index (Phi) is 6.51. The van der Waals surface area contributed by atoms with Gasteiger partial charge in [0.25, 0.3) is 0 Å². The number of ether oxygens (including phenoxy) is 3. The number of hydrogen-bond donors (Lipinski definition) is 0. The minimum absolute atomic E-state index is 0.0940. The number of Topliss-reactive ketones (excluding diaryl/α,β-unsaturated/α-hetero) is 1. The number of halogens is 2. The minimum atomic E-state index is -0.511. The third-order valence-electron chi connectivity index (χ3n) is 3.54. The SMILES string of the molecule is COc1cc(/C=C(\C#N)C(=O)c2ccc(Cl)cc2Cl)cc(OC)c1OC. The van der Waals surface area contributed by atoms with E-state index in [1.807, 2.05) is 6.07 Å². The van der Waals surface area contributed by atoms with Crippen molar-refractivity contribution in [1.82, 2.24) is 0 Å². The van der Waals surface area contributed by atoms with Crippen molar-refractivity contribution in [2.75, 3.05) is 21.3 Å². The summed E-state index contributed by atoms with van der Waals surface area (Å²) in [5.41, 5.74) is 0.634. The Morgan fingerprint density at radius 2 is 1.65 bits per heavy atom. The second kappa shape index (κ2) is 8.61. The molecule has 26 heavy (non-hydrogen) atoms. The summed E-state index contributed by atoms with van der Waals surface area (Å²) in [5, 5.41) is 10.00. The van der Waals surface area contributed by atoms with Crippen LogP contribution in [0.2, 0.25) is 10.0 Å². The fourth-order valence-electron chi connectivity index (χ4n) is 2.32. The van der Waals surface area contributed by atoms with Crippen molar-refractivity contribution in [3.05, 3.63) is 57.1 Å². The summed E-state index contributed by atoms with van der Waals surface area (Å²) in [7, 11) is 4.45. The van der Waals surface area contributed by atoms with Crippen LogP contribution in [-0.4, -0.2) is 27.1 Å². The van der Waals surface area contributed by atoms with Crippen LogP contribution in [0.1, 0.15) is 15.9 Å². The number of hydrogen-bond acceptors (Lipinski definition) is 5. The van der Waals surface area contributed by atoms with Crippen molar-refractivity contribution < 1.29 is 19.0 Å². The van der Waals surface area contributed by atoms with Gasteiger partial charge in [0.2, 0.25) is 11.5 Å². The third kappa shape index (κ3) is 4.10. The highest BCUT2D eigenvalue weighted by atomic mass is 35.5. The van der Waals surface area contributed by atoms with Gasteiger partial charge in [-0.05, 0) is 42.0 Å². The van der Waals surface area contributed by atoms with Crippen molar-refractivity contribution in [3.63, 3.8) is 0 Å². The number of carbonyl (C=O) groups excluding carboxylic acids is 1. The van der Waals surface area contributed by atoms with Crippen LogP contribution in [0.15, 0.2) is 35.9 Å². The van der Waals surface area contributed by atoms with E-state index in [0.29, 0.717) is 27.8 Å². The molecule has 2 rings (SSSR count). The molecule has 0 saturated heterocycles. The molecule has 0 saturated carbocycles. The third-order valence-corrected chi connectivity index (χ3v) is 4.09. The summed E-state index contributed by atoms with van der Waals surface area (Å²) >= 11 is 11.9. The van der Waals surface area contributed by atoms with Crippen LogP contribution in [0, 0.1) is 11.3 Å². The Morgan fingerprint density at radius 1 is 1.04 bits per heavy atom. The zero-order valence-electron chi connectivity index (χ0n) is 14.3. The molecule has 0 unspecified atom stereocenters. The van der Waals surface area contributed by atoms with E-state index in [4.69, 9.17) is 37.4 Å². The predicted molar refractivity (Wildman–Crippen MR) is 100 cm³/mol. The second-order valence-electron chi connectivity index (χ2n) is 5.08. The number of nitrogens with zero attached hydrogens (tertiary/aromatic N) is 1. The van der Waals surface area contributed by atoms with E-state index in [9.17, 15) is 10.1 Å². The van der Waals surface area contributed by atoms with Gasteiger partial charge in [0.1, 0.15) is 11.6 Å². The molecule has 0 N–H and O–H groups in total. The molecule has 2 aromatic rings. The van der Waals surface area contributed by atoms with Crippen LogP contribution in [0.25, 0.3) is 6.08 Å². The highest BCUT2D eigenvalue weighted by molar-refractivity contribution is 6.37. The number of carbonyl (C=O) groups is 1. The molecule has 2 aromatic carbocycles. The molecule has 0 radical (unpaired) electrons. The Morgan fingerprint density at radius 3 is 2.12 bits per heavy atom. The Balaban J connectivity index is 2.52.